The van der Waals surface area contributed by atoms with Crippen LogP contribution in [0.5, 0.6) is 5.75 Å². The molecular weight excluding hydrogens is 368 g/mol. The zero-order chi connectivity index (χ0) is 19.4. The number of sulfonamides is 1. The number of benzene rings is 1. The molecule has 0 aliphatic carbocycles. The van der Waals surface area contributed by atoms with Crippen LogP contribution in [0.4, 0.5) is 0 Å². The van der Waals surface area contributed by atoms with Gasteiger partial charge in [0.2, 0.25) is 15.9 Å². The summed E-state index contributed by atoms with van der Waals surface area (Å²) in [5, 5.41) is 2.95. The molecule has 0 saturated carbocycles. The Morgan fingerprint density at radius 1 is 1.30 bits per heavy atom. The number of nitrogens with zero attached hydrogens (tertiary/aromatic N) is 1. The highest BCUT2D eigenvalue weighted by atomic mass is 32.2. The van der Waals surface area contributed by atoms with Crippen LogP contribution >= 0.6 is 0 Å². The zero-order valence-corrected chi connectivity index (χ0v) is 16.8. The Morgan fingerprint density at radius 2 is 2.04 bits per heavy atom. The average Bonchev–Trinajstić information content (AvgIpc) is 3.19. The molecule has 3 rings (SSSR count). The summed E-state index contributed by atoms with van der Waals surface area (Å²) in [7, 11) is -2.00. The van der Waals surface area contributed by atoms with Gasteiger partial charge in [-0.3, -0.25) is 4.79 Å². The molecule has 1 aromatic rings. The van der Waals surface area contributed by atoms with E-state index in [1.807, 2.05) is 6.92 Å². The van der Waals surface area contributed by atoms with Crippen LogP contribution in [0.1, 0.15) is 31.2 Å². The van der Waals surface area contributed by atoms with Crippen LogP contribution in [0.2, 0.25) is 0 Å². The van der Waals surface area contributed by atoms with Gasteiger partial charge in [0.25, 0.3) is 0 Å². The first kappa shape index (κ1) is 20.1. The van der Waals surface area contributed by atoms with E-state index < -0.39 is 10.0 Å². The van der Waals surface area contributed by atoms with Gasteiger partial charge in [-0.2, -0.15) is 4.31 Å². The van der Waals surface area contributed by atoms with E-state index in [0.717, 1.165) is 25.0 Å². The van der Waals surface area contributed by atoms with E-state index in [0.29, 0.717) is 38.2 Å². The summed E-state index contributed by atoms with van der Waals surface area (Å²) in [6.07, 6.45) is 3.21. The molecule has 150 valence electrons. The Morgan fingerprint density at radius 3 is 2.63 bits per heavy atom. The molecule has 2 aliphatic rings. The van der Waals surface area contributed by atoms with Gasteiger partial charge in [-0.25, -0.2) is 8.42 Å². The molecular formula is C19H28N2O5S. The third-order valence-electron chi connectivity index (χ3n) is 5.36. The molecule has 2 saturated heterocycles. The maximum Gasteiger partial charge on any atom is 0.243 e. The summed E-state index contributed by atoms with van der Waals surface area (Å²) in [6, 6.07) is 4.88. The van der Waals surface area contributed by atoms with E-state index in [4.69, 9.17) is 9.47 Å². The molecule has 1 atom stereocenters. The molecule has 2 heterocycles. The lowest BCUT2D eigenvalue weighted by molar-refractivity contribution is -0.126. The summed E-state index contributed by atoms with van der Waals surface area (Å²) in [5.41, 5.74) is 0.780. The van der Waals surface area contributed by atoms with Crippen molar-refractivity contribution in [3.63, 3.8) is 0 Å². The van der Waals surface area contributed by atoms with Gasteiger partial charge in [-0.1, -0.05) is 0 Å². The summed E-state index contributed by atoms with van der Waals surface area (Å²) >= 11 is 0. The Bertz CT molecular complexity index is 766. The number of aryl methyl sites for hydroxylation is 1. The first-order valence-electron chi connectivity index (χ1n) is 9.46. The van der Waals surface area contributed by atoms with E-state index in [1.54, 1.807) is 25.3 Å². The summed E-state index contributed by atoms with van der Waals surface area (Å²) in [5.74, 6) is 0.522. The van der Waals surface area contributed by atoms with Crippen LogP contribution in [0, 0.1) is 12.8 Å². The fourth-order valence-electron chi connectivity index (χ4n) is 3.68. The lowest BCUT2D eigenvalue weighted by Crippen LogP contribution is -2.44. The van der Waals surface area contributed by atoms with Crippen LogP contribution in [0.3, 0.4) is 0 Å². The first-order chi connectivity index (χ1) is 12.9. The van der Waals surface area contributed by atoms with Crippen LogP contribution in [0.15, 0.2) is 23.1 Å². The highest BCUT2D eigenvalue weighted by Gasteiger charge is 2.32. The second kappa shape index (κ2) is 8.58. The maximum absolute atomic E-state index is 12.9. The smallest absolute Gasteiger partial charge is 0.243 e. The largest absolute Gasteiger partial charge is 0.496 e. The predicted molar refractivity (Wildman–Crippen MR) is 101 cm³/mol. The van der Waals surface area contributed by atoms with Gasteiger partial charge in [0, 0.05) is 32.2 Å². The maximum atomic E-state index is 12.9. The van der Waals surface area contributed by atoms with E-state index in [-0.39, 0.29) is 22.8 Å². The van der Waals surface area contributed by atoms with Crippen molar-refractivity contribution in [2.24, 2.45) is 5.92 Å². The highest BCUT2D eigenvalue weighted by Crippen LogP contribution is 2.27. The third kappa shape index (κ3) is 4.62. The molecule has 1 N–H and O–H groups in total. The predicted octanol–water partition coefficient (Wildman–Crippen LogP) is 1.70. The Labute approximate surface area is 161 Å². The van der Waals surface area contributed by atoms with Crippen LogP contribution in [-0.4, -0.2) is 58.1 Å². The van der Waals surface area contributed by atoms with Gasteiger partial charge >= 0.3 is 0 Å². The summed E-state index contributed by atoms with van der Waals surface area (Å²) in [6.45, 7) is 3.84. The molecule has 2 fully saturated rings. The molecule has 0 radical (unpaired) electrons. The summed E-state index contributed by atoms with van der Waals surface area (Å²) < 4.78 is 37.9. The lowest BCUT2D eigenvalue weighted by Gasteiger charge is -2.30. The van der Waals surface area contributed by atoms with Gasteiger partial charge in [0.05, 0.1) is 18.1 Å². The van der Waals surface area contributed by atoms with Crippen LogP contribution in [0.25, 0.3) is 0 Å². The quantitative estimate of drug-likeness (QED) is 0.791. The van der Waals surface area contributed by atoms with Crippen molar-refractivity contribution in [2.45, 2.75) is 43.6 Å². The Hall–Kier alpha value is -1.64. The highest BCUT2D eigenvalue weighted by molar-refractivity contribution is 7.89. The van der Waals surface area contributed by atoms with Crippen molar-refractivity contribution in [3.8, 4) is 5.75 Å². The number of amides is 1. The Balaban J connectivity index is 1.56. The van der Waals surface area contributed by atoms with Crippen LogP contribution < -0.4 is 10.1 Å². The third-order valence-corrected chi connectivity index (χ3v) is 7.25. The molecule has 2 aliphatic heterocycles. The van der Waals surface area contributed by atoms with Gasteiger partial charge in [0.15, 0.2) is 0 Å². The second-order valence-corrected chi connectivity index (χ2v) is 9.13. The van der Waals surface area contributed by atoms with Crippen molar-refractivity contribution in [3.05, 3.63) is 23.8 Å². The molecule has 0 spiro atoms. The number of carbonyl (C=O) groups excluding carboxylic acids is 1. The number of hydrogen-bond donors (Lipinski definition) is 1. The molecule has 0 bridgehead atoms. The Kier molecular flexibility index (Phi) is 6.39. The van der Waals surface area contributed by atoms with Crippen molar-refractivity contribution >= 4 is 15.9 Å². The van der Waals surface area contributed by atoms with Crippen molar-refractivity contribution < 1.29 is 22.7 Å². The monoisotopic (exact) mass is 396 g/mol. The van der Waals surface area contributed by atoms with Gasteiger partial charge < -0.3 is 14.8 Å². The minimum Gasteiger partial charge on any atom is -0.496 e. The molecule has 0 unspecified atom stereocenters. The fraction of sp³-hybridized carbons (Fsp3) is 0.632. The molecule has 8 heteroatoms. The minimum atomic E-state index is -3.56. The molecule has 27 heavy (non-hydrogen) atoms. The number of ether oxygens (including phenoxy) is 2. The van der Waals surface area contributed by atoms with Crippen LogP contribution in [-0.2, 0) is 19.6 Å². The molecule has 0 aromatic heterocycles. The standard InChI is InChI=1S/C19H28N2O5S/c1-14-12-17(5-6-18(14)25-2)27(23,24)21-9-7-15(8-10-21)19(22)20-13-16-4-3-11-26-16/h5-6,12,15-16H,3-4,7-11,13H2,1-2H3,(H,20,22)/t16-/m0/s1. The van der Waals surface area contributed by atoms with E-state index >= 15 is 0 Å². The number of hydrogen-bond acceptors (Lipinski definition) is 5. The SMILES string of the molecule is COc1ccc(S(=O)(=O)N2CCC(C(=O)NC[C@@H]3CCCO3)CC2)cc1C. The van der Waals surface area contributed by atoms with Crippen molar-refractivity contribution in [1.82, 2.24) is 9.62 Å². The first-order valence-corrected chi connectivity index (χ1v) is 10.9. The minimum absolute atomic E-state index is 0.00263. The summed E-state index contributed by atoms with van der Waals surface area (Å²) in [4.78, 5) is 12.6. The van der Waals surface area contributed by atoms with Crippen molar-refractivity contribution in [1.29, 1.82) is 0 Å². The number of rotatable bonds is 6. The van der Waals surface area contributed by atoms with Gasteiger partial charge in [0.1, 0.15) is 5.75 Å². The average molecular weight is 397 g/mol. The molecule has 1 aromatic carbocycles. The zero-order valence-electron chi connectivity index (χ0n) is 15.9. The lowest BCUT2D eigenvalue weighted by atomic mass is 9.97. The fourth-order valence-corrected chi connectivity index (χ4v) is 5.24. The normalized spacial score (nSPS) is 21.9. The van der Waals surface area contributed by atoms with Crippen molar-refractivity contribution in [2.75, 3.05) is 33.4 Å². The van der Waals surface area contributed by atoms with E-state index in [2.05, 4.69) is 5.32 Å². The van der Waals surface area contributed by atoms with Gasteiger partial charge in [-0.05, 0) is 56.4 Å². The molecule has 1 amide bonds. The van der Waals surface area contributed by atoms with E-state index in [9.17, 15) is 13.2 Å². The van der Waals surface area contributed by atoms with Gasteiger partial charge in [-0.15, -0.1) is 0 Å². The number of methoxy groups -OCH3 is 1. The second-order valence-electron chi connectivity index (χ2n) is 7.19. The topological polar surface area (TPSA) is 84.9 Å². The number of piperidine rings is 1. The number of nitrogens with one attached hydrogen (secondary N) is 1. The number of carbonyl (C=O) groups is 1. The van der Waals surface area contributed by atoms with E-state index in [1.165, 1.54) is 4.31 Å². The molecule has 7 nitrogen and oxygen atoms in total.